The molecule has 0 bridgehead atoms. The van der Waals surface area contributed by atoms with Crippen LogP contribution in [-0.4, -0.2) is 37.7 Å². The van der Waals surface area contributed by atoms with Gasteiger partial charge in [-0.3, -0.25) is 14.4 Å². The van der Waals surface area contributed by atoms with E-state index in [0.29, 0.717) is 41.3 Å². The van der Waals surface area contributed by atoms with Crippen molar-refractivity contribution in [2.24, 2.45) is 5.92 Å². The fourth-order valence-corrected chi connectivity index (χ4v) is 4.17. The number of nitrogens with zero attached hydrogens (tertiary/aromatic N) is 4. The molecule has 32 heavy (non-hydrogen) atoms. The van der Waals surface area contributed by atoms with Crippen molar-refractivity contribution >= 4 is 28.9 Å². The molecule has 2 N–H and O–H groups in total. The number of fused-ring (bicyclic) bond motifs is 1. The normalized spacial score (nSPS) is 19.0. The van der Waals surface area contributed by atoms with E-state index in [1.165, 1.54) is 0 Å². The number of allylic oxidation sites excluding steroid dienone is 1. The highest BCUT2D eigenvalue weighted by Crippen LogP contribution is 2.48. The lowest BCUT2D eigenvalue weighted by atomic mass is 9.83. The van der Waals surface area contributed by atoms with E-state index in [2.05, 4.69) is 10.3 Å². The molecule has 2 aromatic carbocycles. The Labute approximate surface area is 191 Å². The number of halogens is 1. The summed E-state index contributed by atoms with van der Waals surface area (Å²) in [5, 5.41) is 29.1. The molecule has 1 aliphatic heterocycles. The third-order valence-electron chi connectivity index (χ3n) is 5.72. The molecule has 2 atom stereocenters. The Kier molecular flexibility index (Phi) is 6.41. The number of para-hydroxylation sites is 1. The maximum Gasteiger partial charge on any atom is 0.268 e. The largest absolute Gasteiger partial charge is 0.396 e. The van der Waals surface area contributed by atoms with E-state index in [1.807, 2.05) is 49.4 Å². The molecule has 0 saturated heterocycles. The lowest BCUT2D eigenvalue weighted by Gasteiger charge is -2.27. The molecule has 0 fully saturated rings. The lowest BCUT2D eigenvalue weighted by Crippen LogP contribution is -2.42. The van der Waals surface area contributed by atoms with Gasteiger partial charge in [-0.2, -0.15) is 0 Å². The fourth-order valence-electron chi connectivity index (χ4n) is 4.00. The molecule has 1 aromatic heterocycles. The predicted molar refractivity (Wildman–Crippen MR) is 123 cm³/mol. The number of hydrogen-bond donors (Lipinski definition) is 2. The first-order chi connectivity index (χ1) is 15.4. The van der Waals surface area contributed by atoms with Crippen LogP contribution < -0.4 is 4.90 Å². The number of anilines is 2. The van der Waals surface area contributed by atoms with Crippen molar-refractivity contribution in [3.63, 3.8) is 0 Å². The van der Waals surface area contributed by atoms with Crippen LogP contribution in [0.4, 0.5) is 11.4 Å². The van der Waals surface area contributed by atoms with Crippen LogP contribution in [0.25, 0.3) is 0 Å². The van der Waals surface area contributed by atoms with Crippen LogP contribution in [-0.2, 0) is 23.4 Å². The molecule has 0 radical (unpaired) electrons. The summed E-state index contributed by atoms with van der Waals surface area (Å²) in [4.78, 5) is 15.1. The second kappa shape index (κ2) is 9.24. The van der Waals surface area contributed by atoms with Crippen molar-refractivity contribution in [3.8, 4) is 0 Å². The van der Waals surface area contributed by atoms with E-state index >= 15 is 0 Å². The number of aromatic nitrogens is 3. The van der Waals surface area contributed by atoms with Crippen molar-refractivity contribution in [1.29, 1.82) is 0 Å². The van der Waals surface area contributed by atoms with Gasteiger partial charge in [0.1, 0.15) is 0 Å². The second-order valence-corrected chi connectivity index (χ2v) is 8.29. The maximum absolute atomic E-state index is 13.5. The van der Waals surface area contributed by atoms with Crippen LogP contribution in [0, 0.1) is 5.92 Å². The minimum atomic E-state index is -1.73. The Bertz CT molecular complexity index is 1130. The first-order valence-electron chi connectivity index (χ1n) is 10.5. The number of aliphatic hydroxyl groups is 2. The topological polar surface area (TPSA) is 91.5 Å². The average Bonchev–Trinajstić information content (AvgIpc) is 3.33. The minimum Gasteiger partial charge on any atom is -0.396 e. The van der Waals surface area contributed by atoms with Crippen LogP contribution >= 0.6 is 11.6 Å². The van der Waals surface area contributed by atoms with Gasteiger partial charge < -0.3 is 10.2 Å². The third-order valence-corrected chi connectivity index (χ3v) is 5.95. The molecule has 3 aromatic rings. The van der Waals surface area contributed by atoms with Gasteiger partial charge in [0.15, 0.2) is 5.60 Å². The van der Waals surface area contributed by atoms with Crippen molar-refractivity contribution in [2.45, 2.75) is 31.9 Å². The van der Waals surface area contributed by atoms with E-state index in [1.54, 1.807) is 34.0 Å². The van der Waals surface area contributed by atoms with Gasteiger partial charge in [0, 0.05) is 48.0 Å². The maximum atomic E-state index is 13.5. The van der Waals surface area contributed by atoms with Crippen molar-refractivity contribution in [3.05, 3.63) is 83.2 Å². The molecule has 1 aliphatic rings. The molecule has 8 heteroatoms. The SMILES string of the molecule is C[C@@H](/C=C/CCn1cc(CCO)nn1)[C@]1(O)C(=O)N(c2ccccc2)c2ccc(Cl)cc21. The van der Waals surface area contributed by atoms with Crippen molar-refractivity contribution in [1.82, 2.24) is 15.0 Å². The summed E-state index contributed by atoms with van der Waals surface area (Å²) in [6.45, 7) is 2.46. The van der Waals surface area contributed by atoms with Gasteiger partial charge in [-0.1, -0.05) is 54.1 Å². The van der Waals surface area contributed by atoms with Gasteiger partial charge >= 0.3 is 0 Å². The van der Waals surface area contributed by atoms with E-state index in [0.717, 1.165) is 5.69 Å². The van der Waals surface area contributed by atoms with E-state index in [4.69, 9.17) is 16.7 Å². The molecular formula is C24H25ClN4O3. The van der Waals surface area contributed by atoms with Crippen LogP contribution in [0.3, 0.4) is 0 Å². The number of carbonyl (C=O) groups is 1. The molecule has 2 heterocycles. The number of rotatable bonds is 8. The highest BCUT2D eigenvalue weighted by atomic mass is 35.5. The summed E-state index contributed by atoms with van der Waals surface area (Å²) in [6.07, 6.45) is 6.71. The van der Waals surface area contributed by atoms with E-state index < -0.39 is 17.4 Å². The molecule has 0 saturated carbocycles. The summed E-state index contributed by atoms with van der Waals surface area (Å²) >= 11 is 6.23. The molecule has 1 amide bonds. The average molecular weight is 453 g/mol. The zero-order chi connectivity index (χ0) is 22.7. The number of amides is 1. The Hall–Kier alpha value is -3.00. The van der Waals surface area contributed by atoms with Crippen LogP contribution in [0.2, 0.25) is 5.02 Å². The van der Waals surface area contributed by atoms with Crippen LogP contribution in [0.5, 0.6) is 0 Å². The molecule has 0 aliphatic carbocycles. The highest BCUT2D eigenvalue weighted by Gasteiger charge is 2.53. The van der Waals surface area contributed by atoms with Crippen LogP contribution in [0.1, 0.15) is 24.6 Å². The Balaban J connectivity index is 1.55. The van der Waals surface area contributed by atoms with Crippen LogP contribution in [0.15, 0.2) is 66.9 Å². The Morgan fingerprint density at radius 2 is 2.00 bits per heavy atom. The minimum absolute atomic E-state index is 0.0359. The highest BCUT2D eigenvalue weighted by molar-refractivity contribution is 6.31. The van der Waals surface area contributed by atoms with Gasteiger partial charge in [-0.05, 0) is 36.8 Å². The zero-order valence-corrected chi connectivity index (χ0v) is 18.5. The fraction of sp³-hybridized carbons (Fsp3) is 0.292. The van der Waals surface area contributed by atoms with Gasteiger partial charge in [0.05, 0.1) is 11.4 Å². The molecule has 166 valence electrons. The summed E-state index contributed by atoms with van der Waals surface area (Å²) in [7, 11) is 0. The van der Waals surface area contributed by atoms with Gasteiger partial charge in [-0.15, -0.1) is 5.10 Å². The first kappa shape index (κ1) is 22.2. The van der Waals surface area contributed by atoms with Gasteiger partial charge in [0.25, 0.3) is 5.91 Å². The Morgan fingerprint density at radius 1 is 1.22 bits per heavy atom. The summed E-state index contributed by atoms with van der Waals surface area (Å²) in [6, 6.07) is 14.4. The zero-order valence-electron chi connectivity index (χ0n) is 17.7. The number of benzene rings is 2. The Morgan fingerprint density at radius 3 is 2.75 bits per heavy atom. The quantitative estimate of drug-likeness (QED) is 0.509. The lowest BCUT2D eigenvalue weighted by molar-refractivity contribution is -0.138. The smallest absolute Gasteiger partial charge is 0.268 e. The molecule has 7 nitrogen and oxygen atoms in total. The van der Waals surface area contributed by atoms with Crippen molar-refractivity contribution in [2.75, 3.05) is 11.5 Å². The monoisotopic (exact) mass is 452 g/mol. The number of aryl methyl sites for hydroxylation is 1. The van der Waals surface area contributed by atoms with E-state index in [-0.39, 0.29) is 6.61 Å². The summed E-state index contributed by atoms with van der Waals surface area (Å²) < 4.78 is 1.71. The number of aliphatic hydroxyl groups excluding tert-OH is 1. The van der Waals surface area contributed by atoms with Gasteiger partial charge in [-0.25, -0.2) is 0 Å². The molecule has 0 unspecified atom stereocenters. The number of carbonyl (C=O) groups excluding carboxylic acids is 1. The first-order valence-corrected chi connectivity index (χ1v) is 10.9. The molecule has 0 spiro atoms. The second-order valence-electron chi connectivity index (χ2n) is 7.86. The predicted octanol–water partition coefficient (Wildman–Crippen LogP) is 3.61. The van der Waals surface area contributed by atoms with Gasteiger partial charge in [0.2, 0.25) is 0 Å². The van der Waals surface area contributed by atoms with E-state index in [9.17, 15) is 9.90 Å². The third kappa shape index (κ3) is 4.07. The van der Waals surface area contributed by atoms with Crippen molar-refractivity contribution < 1.29 is 15.0 Å². The summed E-state index contributed by atoms with van der Waals surface area (Å²) in [5.74, 6) is -0.885. The molecular weight excluding hydrogens is 428 g/mol. The summed E-state index contributed by atoms with van der Waals surface area (Å²) in [5.41, 5.74) is 0.838. The molecule has 4 rings (SSSR count). The number of hydrogen-bond acceptors (Lipinski definition) is 5. The standard InChI is InChI=1S/C24H25ClN4O3/c1-17(7-5-6-13-28-16-19(12-14-30)26-27-28)24(32)21-15-18(25)10-11-22(21)29(23(24)31)20-8-3-2-4-9-20/h2-5,7-11,15-17,30,32H,6,12-14H2,1H3/b7-5+/t17-,24+/m0/s1.